The summed E-state index contributed by atoms with van der Waals surface area (Å²) in [4.78, 5) is 18.6. The summed E-state index contributed by atoms with van der Waals surface area (Å²) >= 11 is 1.29. The molecule has 0 fully saturated rings. The maximum Gasteiger partial charge on any atom is 0.291 e. The van der Waals surface area contributed by atoms with Crippen LogP contribution in [0.15, 0.2) is 109 Å². The predicted molar refractivity (Wildman–Crippen MR) is 166 cm³/mol. The molecule has 6 aromatic rings. The van der Waals surface area contributed by atoms with E-state index in [9.17, 15) is 4.79 Å². The molecule has 3 aromatic heterocycles. The van der Waals surface area contributed by atoms with E-state index in [1.807, 2.05) is 96.7 Å². The van der Waals surface area contributed by atoms with Gasteiger partial charge in [-0.15, -0.1) is 5.10 Å². The van der Waals surface area contributed by atoms with Crippen LogP contribution in [0.5, 0.6) is 11.5 Å². The highest BCUT2D eigenvalue weighted by Gasteiger charge is 2.16. The maximum atomic E-state index is 13.4. The van der Waals surface area contributed by atoms with Crippen molar-refractivity contribution >= 4 is 22.4 Å². The van der Waals surface area contributed by atoms with Crippen LogP contribution in [0.2, 0.25) is 0 Å². The minimum atomic E-state index is -0.234. The zero-order valence-corrected chi connectivity index (χ0v) is 23.8. The Morgan fingerprint density at radius 1 is 0.905 bits per heavy atom. The highest BCUT2D eigenvalue weighted by molar-refractivity contribution is 7.15. The first-order chi connectivity index (χ1) is 20.5. The van der Waals surface area contributed by atoms with E-state index in [2.05, 4.69) is 23.2 Å². The van der Waals surface area contributed by atoms with Crippen LogP contribution in [0.4, 0.5) is 0 Å². The van der Waals surface area contributed by atoms with Crippen LogP contribution in [0, 0.1) is 6.92 Å². The lowest BCUT2D eigenvalue weighted by Crippen LogP contribution is -2.23. The number of fused-ring (bicyclic) bond motifs is 1. The van der Waals surface area contributed by atoms with Gasteiger partial charge in [-0.2, -0.15) is 14.6 Å². The summed E-state index contributed by atoms with van der Waals surface area (Å²) in [6.45, 7) is 10.2. The zero-order chi connectivity index (χ0) is 29.1. The number of para-hydroxylation sites is 1. The minimum Gasteiger partial charge on any atom is -0.490 e. The molecule has 0 saturated carbocycles. The first kappa shape index (κ1) is 26.9. The molecule has 0 aliphatic heterocycles. The number of nitrogens with zero attached hydrogens (tertiary/aromatic N) is 5. The molecule has 42 heavy (non-hydrogen) atoms. The number of benzene rings is 3. The Morgan fingerprint density at radius 3 is 2.36 bits per heavy atom. The highest BCUT2D eigenvalue weighted by atomic mass is 32.1. The Balaban J connectivity index is 1.40. The maximum absolute atomic E-state index is 13.4. The number of rotatable bonds is 10. The Labute approximate surface area is 246 Å². The van der Waals surface area contributed by atoms with Gasteiger partial charge in [0.25, 0.3) is 5.56 Å². The Hall–Kier alpha value is -5.28. The molecule has 0 radical (unpaired) electrons. The van der Waals surface area contributed by atoms with Gasteiger partial charge in [0.2, 0.25) is 4.96 Å². The Morgan fingerprint density at radius 2 is 1.64 bits per heavy atom. The summed E-state index contributed by atoms with van der Waals surface area (Å²) < 4.78 is 15.0. The zero-order valence-electron chi connectivity index (χ0n) is 22.9. The molecule has 9 heteroatoms. The van der Waals surface area contributed by atoms with E-state index < -0.39 is 0 Å². The van der Waals surface area contributed by atoms with Gasteiger partial charge in [-0.3, -0.25) is 4.79 Å². The topological polar surface area (TPSA) is 83.5 Å². The quantitative estimate of drug-likeness (QED) is 0.197. The van der Waals surface area contributed by atoms with Gasteiger partial charge in [0.1, 0.15) is 30.4 Å². The fourth-order valence-electron chi connectivity index (χ4n) is 4.49. The van der Waals surface area contributed by atoms with Crippen molar-refractivity contribution in [2.75, 3.05) is 13.2 Å². The molecule has 208 valence electrons. The van der Waals surface area contributed by atoms with Gasteiger partial charge in [-0.1, -0.05) is 54.8 Å². The second-order valence-corrected chi connectivity index (χ2v) is 10.5. The van der Waals surface area contributed by atoms with Gasteiger partial charge >= 0.3 is 0 Å². The third-order valence-corrected chi connectivity index (χ3v) is 7.48. The number of thiazole rings is 1. The highest BCUT2D eigenvalue weighted by Crippen LogP contribution is 2.29. The number of aromatic nitrogens is 5. The summed E-state index contributed by atoms with van der Waals surface area (Å²) in [5.41, 5.74) is 4.91. The van der Waals surface area contributed by atoms with E-state index in [4.69, 9.17) is 14.6 Å². The van der Waals surface area contributed by atoms with Crippen LogP contribution in [-0.2, 0) is 0 Å². The van der Waals surface area contributed by atoms with E-state index >= 15 is 0 Å². The molecule has 0 N–H and O–H groups in total. The van der Waals surface area contributed by atoms with Crippen molar-refractivity contribution in [3.05, 3.63) is 130 Å². The van der Waals surface area contributed by atoms with E-state index in [0.29, 0.717) is 28.5 Å². The molecule has 3 aromatic carbocycles. The summed E-state index contributed by atoms with van der Waals surface area (Å²) in [6.07, 6.45) is 7.19. The van der Waals surface area contributed by atoms with Crippen molar-refractivity contribution in [1.29, 1.82) is 0 Å². The van der Waals surface area contributed by atoms with Crippen LogP contribution in [-0.4, -0.2) is 37.6 Å². The second-order valence-electron chi connectivity index (χ2n) is 9.46. The third-order valence-electron chi connectivity index (χ3n) is 6.52. The number of aryl methyl sites for hydroxylation is 1. The molecule has 0 amide bonds. The van der Waals surface area contributed by atoms with Crippen molar-refractivity contribution in [3.63, 3.8) is 0 Å². The van der Waals surface area contributed by atoms with Crippen LogP contribution in [0.25, 0.3) is 39.4 Å². The molecule has 3 heterocycles. The first-order valence-electron chi connectivity index (χ1n) is 13.3. The summed E-state index contributed by atoms with van der Waals surface area (Å²) in [5.74, 6) is 1.99. The predicted octanol–water partition coefficient (Wildman–Crippen LogP) is 5.66. The fraction of sp³-hybridized carbons (Fsp3) is 0.0909. The largest absolute Gasteiger partial charge is 0.490 e. The second kappa shape index (κ2) is 11.7. The Bertz CT molecular complexity index is 2010. The number of hydrogen-bond donors (Lipinski definition) is 0. The van der Waals surface area contributed by atoms with Crippen molar-refractivity contribution in [3.8, 4) is 39.8 Å². The van der Waals surface area contributed by atoms with E-state index in [0.717, 1.165) is 45.1 Å². The average molecular weight is 574 g/mol. The lowest BCUT2D eigenvalue weighted by Gasteiger charge is -2.08. The van der Waals surface area contributed by atoms with Gasteiger partial charge in [0.05, 0.1) is 10.2 Å². The summed E-state index contributed by atoms with van der Waals surface area (Å²) in [5, 5.41) is 9.41. The summed E-state index contributed by atoms with van der Waals surface area (Å²) in [6, 6.07) is 23.2. The molecule has 0 unspecified atom stereocenters. The van der Waals surface area contributed by atoms with Crippen LogP contribution < -0.4 is 19.6 Å². The molecule has 6 rings (SSSR count). The molecule has 0 bridgehead atoms. The molecule has 8 nitrogen and oxygen atoms in total. The smallest absolute Gasteiger partial charge is 0.291 e. The van der Waals surface area contributed by atoms with Crippen molar-refractivity contribution in [2.24, 2.45) is 0 Å². The van der Waals surface area contributed by atoms with Crippen molar-refractivity contribution in [1.82, 2.24) is 24.4 Å². The molecular formula is C33H27N5O3S. The standard InChI is InChI=1S/C33H27N5O3S/c1-4-17-40-27-14-11-23(12-15-27)31-34-33-38(36-31)32(39)29(42-33)20-25-21-37(26-9-7-6-8-10-26)35-30(25)24-13-16-28(22(3)19-24)41-18-5-2/h4-16,19-21H,1-2,17-18H2,3H3/b29-20+. The van der Waals surface area contributed by atoms with Gasteiger partial charge < -0.3 is 9.47 Å². The molecule has 0 atom stereocenters. The molecule has 0 aliphatic rings. The molecule has 0 saturated heterocycles. The van der Waals surface area contributed by atoms with Crippen LogP contribution in [0.3, 0.4) is 0 Å². The third kappa shape index (κ3) is 5.37. The summed E-state index contributed by atoms with van der Waals surface area (Å²) in [7, 11) is 0. The molecule has 0 aliphatic carbocycles. The number of hydrogen-bond acceptors (Lipinski definition) is 7. The Kier molecular flexibility index (Phi) is 7.49. The van der Waals surface area contributed by atoms with Gasteiger partial charge in [0, 0.05) is 22.9 Å². The first-order valence-corrected chi connectivity index (χ1v) is 14.1. The monoisotopic (exact) mass is 573 g/mol. The average Bonchev–Trinajstić information content (AvgIpc) is 3.71. The van der Waals surface area contributed by atoms with Crippen molar-refractivity contribution in [2.45, 2.75) is 6.92 Å². The lowest BCUT2D eigenvalue weighted by atomic mass is 10.0. The van der Waals surface area contributed by atoms with E-state index in [1.165, 1.54) is 15.9 Å². The SMILES string of the molecule is C=CCOc1ccc(-c2nc3s/c(=C/c4cn(-c5ccccc5)nc4-c4ccc(OCC=C)c(C)c4)c(=O)n3n2)cc1. The molecular weight excluding hydrogens is 546 g/mol. The molecule has 0 spiro atoms. The van der Waals surface area contributed by atoms with Crippen LogP contribution in [0.1, 0.15) is 11.1 Å². The van der Waals surface area contributed by atoms with Gasteiger partial charge in [-0.25, -0.2) is 4.68 Å². The number of ether oxygens (including phenoxy) is 2. The normalized spacial score (nSPS) is 11.6. The van der Waals surface area contributed by atoms with E-state index in [-0.39, 0.29) is 5.56 Å². The lowest BCUT2D eigenvalue weighted by molar-refractivity contribution is 0.360. The van der Waals surface area contributed by atoms with Gasteiger partial charge in [0.15, 0.2) is 5.82 Å². The minimum absolute atomic E-state index is 0.234. The van der Waals surface area contributed by atoms with Crippen molar-refractivity contribution < 1.29 is 9.47 Å². The van der Waals surface area contributed by atoms with E-state index in [1.54, 1.807) is 12.2 Å². The van der Waals surface area contributed by atoms with Crippen LogP contribution >= 0.6 is 11.3 Å². The van der Waals surface area contributed by atoms with Gasteiger partial charge in [-0.05, 0) is 73.2 Å². The fourth-order valence-corrected chi connectivity index (χ4v) is 5.39.